The second-order valence-corrected chi connectivity index (χ2v) is 9.00. The molecule has 0 N–H and O–H groups in total. The third kappa shape index (κ3) is 3.35. The van der Waals surface area contributed by atoms with Crippen LogP contribution >= 0.6 is 23.1 Å². The number of fused-ring (bicyclic) bond motifs is 1. The van der Waals surface area contributed by atoms with Gasteiger partial charge in [0.05, 0.1) is 13.2 Å². The molecule has 10 nitrogen and oxygen atoms in total. The van der Waals surface area contributed by atoms with Crippen LogP contribution in [0.4, 0.5) is 5.95 Å². The number of ether oxygens (including phenoxy) is 1. The van der Waals surface area contributed by atoms with Crippen molar-refractivity contribution in [3.63, 3.8) is 0 Å². The van der Waals surface area contributed by atoms with Crippen molar-refractivity contribution in [3.05, 3.63) is 25.8 Å². The van der Waals surface area contributed by atoms with Gasteiger partial charge in [-0.2, -0.15) is 4.98 Å². The topological polar surface area (TPSA) is 100 Å². The van der Waals surface area contributed by atoms with E-state index in [4.69, 9.17) is 4.74 Å². The molecular weight excluding hydrogens is 402 g/mol. The van der Waals surface area contributed by atoms with Gasteiger partial charge in [-0.05, 0) is 6.92 Å². The van der Waals surface area contributed by atoms with Crippen LogP contribution in [0, 0.1) is 6.92 Å². The lowest BCUT2D eigenvalue weighted by molar-refractivity contribution is 0.121. The predicted octanol–water partition coefficient (Wildman–Crippen LogP) is 0.223. The van der Waals surface area contributed by atoms with Gasteiger partial charge in [0.1, 0.15) is 5.01 Å². The van der Waals surface area contributed by atoms with Crippen molar-refractivity contribution < 1.29 is 4.74 Å². The molecule has 4 heterocycles. The van der Waals surface area contributed by atoms with Crippen LogP contribution in [0.15, 0.2) is 13.9 Å². The summed E-state index contributed by atoms with van der Waals surface area (Å²) >= 11 is 3.14. The van der Waals surface area contributed by atoms with Gasteiger partial charge in [-0.1, -0.05) is 23.1 Å². The van der Waals surface area contributed by atoms with Gasteiger partial charge in [-0.3, -0.25) is 13.9 Å². The van der Waals surface area contributed by atoms with Crippen molar-refractivity contribution in [2.24, 2.45) is 14.1 Å². The molecule has 3 aromatic rings. The number of rotatable bonds is 5. The number of aryl methyl sites for hydroxylation is 3. The van der Waals surface area contributed by atoms with Crippen molar-refractivity contribution >= 4 is 40.2 Å². The number of hydrogen-bond acceptors (Lipinski definition) is 9. The number of nitrogens with zero attached hydrogens (tertiary/aromatic N) is 7. The molecule has 1 aliphatic heterocycles. The number of anilines is 1. The van der Waals surface area contributed by atoms with Gasteiger partial charge in [0, 0.05) is 39.5 Å². The average molecular weight is 424 g/mol. The quantitative estimate of drug-likeness (QED) is 0.538. The van der Waals surface area contributed by atoms with Crippen molar-refractivity contribution in [3.8, 4) is 0 Å². The lowest BCUT2D eigenvalue weighted by Gasteiger charge is -2.28. The third-order valence-corrected chi connectivity index (χ3v) is 6.62. The zero-order valence-electron chi connectivity index (χ0n) is 15.9. The highest BCUT2D eigenvalue weighted by atomic mass is 32.2. The van der Waals surface area contributed by atoms with Gasteiger partial charge >= 0.3 is 5.69 Å². The van der Waals surface area contributed by atoms with Crippen molar-refractivity contribution in [2.45, 2.75) is 17.8 Å². The first-order valence-electron chi connectivity index (χ1n) is 8.89. The maximum absolute atomic E-state index is 12.9. The smallest absolute Gasteiger partial charge is 0.332 e. The maximum Gasteiger partial charge on any atom is 0.332 e. The van der Waals surface area contributed by atoms with E-state index in [-0.39, 0.29) is 11.2 Å². The van der Waals surface area contributed by atoms with E-state index >= 15 is 0 Å². The Labute approximate surface area is 168 Å². The normalized spacial score (nSPS) is 14.9. The Morgan fingerprint density at radius 1 is 1.14 bits per heavy atom. The molecule has 0 radical (unpaired) electrons. The first kappa shape index (κ1) is 19.2. The minimum Gasteiger partial charge on any atom is -0.378 e. The molecule has 150 valence electrons. The fraction of sp³-hybridized carbons (Fsp3) is 0.562. The van der Waals surface area contributed by atoms with Crippen LogP contribution in [0.2, 0.25) is 0 Å². The minimum absolute atomic E-state index is 0.332. The summed E-state index contributed by atoms with van der Waals surface area (Å²) in [4.78, 5) is 32.0. The summed E-state index contributed by atoms with van der Waals surface area (Å²) in [6.07, 6.45) is 0. The average Bonchev–Trinajstić information content (AvgIpc) is 3.29. The zero-order chi connectivity index (χ0) is 19.8. The third-order valence-electron chi connectivity index (χ3n) is 4.67. The summed E-state index contributed by atoms with van der Waals surface area (Å²) in [5.74, 6) is 1.41. The Hall–Kier alpha value is -2.18. The fourth-order valence-corrected chi connectivity index (χ4v) is 5.02. The molecule has 0 unspecified atom stereocenters. The maximum atomic E-state index is 12.9. The van der Waals surface area contributed by atoms with E-state index in [1.807, 2.05) is 11.5 Å². The Balaban J connectivity index is 1.76. The van der Waals surface area contributed by atoms with E-state index in [1.54, 1.807) is 30.1 Å². The van der Waals surface area contributed by atoms with Gasteiger partial charge in [-0.15, -0.1) is 10.2 Å². The molecule has 0 aliphatic carbocycles. The molecular formula is C16H21N7O3S2. The van der Waals surface area contributed by atoms with Crippen molar-refractivity contribution in [1.29, 1.82) is 0 Å². The predicted molar refractivity (Wildman–Crippen MR) is 109 cm³/mol. The molecule has 0 amide bonds. The number of morpholine rings is 1. The monoisotopic (exact) mass is 423 g/mol. The van der Waals surface area contributed by atoms with Gasteiger partial charge < -0.3 is 14.2 Å². The number of imidazole rings is 1. The summed E-state index contributed by atoms with van der Waals surface area (Å²) in [5.41, 5.74) is 0.141. The lowest BCUT2D eigenvalue weighted by Crippen LogP contribution is -2.38. The SMILES string of the molecule is Cc1nnc(SCCn2c(N3CCOCC3)nc3c2c(=O)n(C)c(=O)n3C)s1. The summed E-state index contributed by atoms with van der Waals surface area (Å²) < 4.78 is 10.8. The van der Waals surface area contributed by atoms with Crippen molar-refractivity contribution in [1.82, 2.24) is 28.9 Å². The highest BCUT2D eigenvalue weighted by Crippen LogP contribution is 2.25. The summed E-state index contributed by atoms with van der Waals surface area (Å²) in [6.45, 7) is 5.10. The molecule has 12 heteroatoms. The minimum atomic E-state index is -0.380. The number of hydrogen-bond donors (Lipinski definition) is 0. The van der Waals surface area contributed by atoms with Crippen LogP contribution in [-0.2, 0) is 25.4 Å². The number of aromatic nitrogens is 6. The van der Waals surface area contributed by atoms with E-state index in [9.17, 15) is 9.59 Å². The first-order valence-corrected chi connectivity index (χ1v) is 10.7. The summed E-state index contributed by atoms with van der Waals surface area (Å²) in [7, 11) is 3.14. The Bertz CT molecular complexity index is 1120. The van der Waals surface area contributed by atoms with Gasteiger partial charge in [-0.25, -0.2) is 4.79 Å². The Morgan fingerprint density at radius 3 is 2.57 bits per heavy atom. The molecule has 0 saturated carbocycles. The molecule has 1 saturated heterocycles. The van der Waals surface area contributed by atoms with Crippen LogP contribution < -0.4 is 16.1 Å². The molecule has 0 aromatic carbocycles. The lowest BCUT2D eigenvalue weighted by atomic mass is 10.4. The van der Waals surface area contributed by atoms with E-state index < -0.39 is 0 Å². The van der Waals surface area contributed by atoms with Crippen LogP contribution in [-0.4, -0.2) is 60.9 Å². The van der Waals surface area contributed by atoms with Gasteiger partial charge in [0.15, 0.2) is 15.5 Å². The van der Waals surface area contributed by atoms with Crippen LogP contribution in [0.3, 0.4) is 0 Å². The largest absolute Gasteiger partial charge is 0.378 e. The van der Waals surface area contributed by atoms with E-state index in [2.05, 4.69) is 20.1 Å². The van der Waals surface area contributed by atoms with E-state index in [0.29, 0.717) is 55.7 Å². The van der Waals surface area contributed by atoms with E-state index in [1.165, 1.54) is 11.6 Å². The van der Waals surface area contributed by atoms with Crippen LogP contribution in [0.25, 0.3) is 11.2 Å². The van der Waals surface area contributed by atoms with Crippen LogP contribution in [0.5, 0.6) is 0 Å². The molecule has 0 bridgehead atoms. The molecule has 4 rings (SSSR count). The second kappa shape index (κ2) is 7.68. The zero-order valence-corrected chi connectivity index (χ0v) is 17.5. The highest BCUT2D eigenvalue weighted by molar-refractivity contribution is 8.01. The first-order chi connectivity index (χ1) is 13.5. The number of thioether (sulfide) groups is 1. The van der Waals surface area contributed by atoms with Gasteiger partial charge in [0.25, 0.3) is 5.56 Å². The molecule has 0 spiro atoms. The van der Waals surface area contributed by atoms with E-state index in [0.717, 1.165) is 13.9 Å². The molecule has 3 aromatic heterocycles. The highest BCUT2D eigenvalue weighted by Gasteiger charge is 2.23. The second-order valence-electron chi connectivity index (χ2n) is 6.48. The molecule has 1 fully saturated rings. The summed E-state index contributed by atoms with van der Waals surface area (Å²) in [6, 6.07) is 0. The van der Waals surface area contributed by atoms with Crippen LogP contribution in [0.1, 0.15) is 5.01 Å². The molecule has 0 atom stereocenters. The summed E-state index contributed by atoms with van der Waals surface area (Å²) in [5, 5.41) is 9.09. The molecule has 1 aliphatic rings. The molecule has 28 heavy (non-hydrogen) atoms. The Morgan fingerprint density at radius 2 is 1.89 bits per heavy atom. The Kier molecular flexibility index (Phi) is 5.25. The van der Waals surface area contributed by atoms with Gasteiger partial charge in [0.2, 0.25) is 5.95 Å². The fourth-order valence-electron chi connectivity index (χ4n) is 3.21. The van der Waals surface area contributed by atoms with Crippen molar-refractivity contribution in [2.75, 3.05) is 37.0 Å². The standard InChI is InChI=1S/C16H21N7O3S2/c1-10-18-19-15(28-10)27-9-6-23-11-12(20(2)16(25)21(3)13(11)24)17-14(23)22-4-7-26-8-5-22/h4-9H2,1-3H3.